The van der Waals surface area contributed by atoms with E-state index >= 15 is 0 Å². The summed E-state index contributed by atoms with van der Waals surface area (Å²) in [7, 11) is -3.81. The molecule has 2 aromatic carbocycles. The van der Waals surface area contributed by atoms with E-state index in [4.69, 9.17) is 0 Å². The normalized spacial score (nSPS) is 19.0. The van der Waals surface area contributed by atoms with Crippen molar-refractivity contribution in [3.05, 3.63) is 48.5 Å². The lowest BCUT2D eigenvalue weighted by atomic mass is 10.2. The smallest absolute Gasteiger partial charge is 0.264 e. The van der Waals surface area contributed by atoms with Gasteiger partial charge in [-0.2, -0.15) is 0 Å². The predicted molar refractivity (Wildman–Crippen MR) is 126 cm³/mol. The zero-order chi connectivity index (χ0) is 22.7. The molecule has 0 aromatic heterocycles. The fourth-order valence-corrected chi connectivity index (χ4v) is 6.63. The van der Waals surface area contributed by atoms with E-state index in [-0.39, 0.29) is 17.3 Å². The minimum Gasteiger partial charge on any atom is -0.341 e. The molecular weight excluding hydrogens is 446 g/mol. The number of fused-ring (bicyclic) bond motifs is 1. The van der Waals surface area contributed by atoms with Crippen molar-refractivity contribution >= 4 is 45.0 Å². The molecule has 0 radical (unpaired) electrons. The van der Waals surface area contributed by atoms with Gasteiger partial charge in [-0.25, -0.2) is 8.42 Å². The molecule has 0 unspecified atom stereocenters. The zero-order valence-electron chi connectivity index (χ0n) is 18.0. The molecule has 32 heavy (non-hydrogen) atoms. The van der Waals surface area contributed by atoms with Crippen LogP contribution >= 0.6 is 11.8 Å². The number of carbonyl (C=O) groups excluding carboxylic acids is 2. The molecule has 1 fully saturated rings. The molecule has 1 atom stereocenters. The van der Waals surface area contributed by atoms with Crippen molar-refractivity contribution in [3.8, 4) is 0 Å². The van der Waals surface area contributed by atoms with Gasteiger partial charge in [0, 0.05) is 24.5 Å². The number of nitrogens with one attached hydrogen (secondary N) is 1. The van der Waals surface area contributed by atoms with Crippen LogP contribution in [0.2, 0.25) is 0 Å². The Kier molecular flexibility index (Phi) is 6.76. The first-order valence-electron chi connectivity index (χ1n) is 10.9. The highest BCUT2D eigenvalue weighted by Gasteiger charge is 2.36. The molecule has 2 amide bonds. The first-order chi connectivity index (χ1) is 15.4. The van der Waals surface area contributed by atoms with Gasteiger partial charge in [-0.05, 0) is 50.1 Å². The molecule has 0 saturated carbocycles. The highest BCUT2D eigenvalue weighted by molar-refractivity contribution is 8.01. The van der Waals surface area contributed by atoms with Gasteiger partial charge < -0.3 is 10.2 Å². The number of amides is 2. The molecule has 2 aliphatic heterocycles. The average molecular weight is 474 g/mol. The van der Waals surface area contributed by atoms with Crippen molar-refractivity contribution in [2.45, 2.75) is 47.6 Å². The van der Waals surface area contributed by atoms with Gasteiger partial charge in [-0.15, -0.1) is 11.8 Å². The Balaban J connectivity index is 1.58. The quantitative estimate of drug-likeness (QED) is 0.669. The van der Waals surface area contributed by atoms with Gasteiger partial charge in [0.25, 0.3) is 10.0 Å². The van der Waals surface area contributed by atoms with E-state index in [9.17, 15) is 18.0 Å². The van der Waals surface area contributed by atoms with E-state index in [1.807, 2.05) is 6.07 Å². The van der Waals surface area contributed by atoms with Crippen LogP contribution in [0.25, 0.3) is 0 Å². The van der Waals surface area contributed by atoms with Crippen LogP contribution in [0.4, 0.5) is 11.4 Å². The molecule has 2 heterocycles. The number of benzene rings is 2. The lowest BCUT2D eigenvalue weighted by Gasteiger charge is -2.29. The summed E-state index contributed by atoms with van der Waals surface area (Å²) >= 11 is 1.19. The van der Waals surface area contributed by atoms with Crippen molar-refractivity contribution in [2.24, 2.45) is 0 Å². The molecule has 7 nitrogen and oxygen atoms in total. The van der Waals surface area contributed by atoms with Crippen LogP contribution in [0.15, 0.2) is 58.3 Å². The van der Waals surface area contributed by atoms with E-state index < -0.39 is 21.2 Å². The maximum atomic E-state index is 13.3. The van der Waals surface area contributed by atoms with Gasteiger partial charge in [0.05, 0.1) is 16.3 Å². The Morgan fingerprint density at radius 3 is 2.44 bits per heavy atom. The van der Waals surface area contributed by atoms with Gasteiger partial charge in [0.15, 0.2) is 5.25 Å². The first-order valence-corrected chi connectivity index (χ1v) is 13.2. The third kappa shape index (κ3) is 4.49. The Morgan fingerprint density at radius 2 is 1.78 bits per heavy atom. The number of sulfonamides is 1. The van der Waals surface area contributed by atoms with Gasteiger partial charge >= 0.3 is 0 Å². The summed E-state index contributed by atoms with van der Waals surface area (Å²) in [6.45, 7) is 3.41. The molecule has 0 bridgehead atoms. The average Bonchev–Trinajstić information content (AvgIpc) is 3.08. The number of hydrogen-bond acceptors (Lipinski definition) is 5. The van der Waals surface area contributed by atoms with E-state index in [2.05, 4.69) is 5.32 Å². The number of para-hydroxylation sites is 1. The molecule has 2 aromatic rings. The Labute approximate surface area is 193 Å². The number of anilines is 2. The van der Waals surface area contributed by atoms with E-state index in [0.717, 1.165) is 25.7 Å². The monoisotopic (exact) mass is 473 g/mol. The summed E-state index contributed by atoms with van der Waals surface area (Å²) in [5.74, 6) is -0.570. The summed E-state index contributed by atoms with van der Waals surface area (Å²) in [6, 6.07) is 13.6. The van der Waals surface area contributed by atoms with Crippen molar-refractivity contribution in [3.63, 3.8) is 0 Å². The molecule has 4 rings (SSSR count). The molecule has 1 saturated heterocycles. The number of thioether (sulfide) groups is 1. The second kappa shape index (κ2) is 9.54. The van der Waals surface area contributed by atoms with Crippen molar-refractivity contribution in [1.29, 1.82) is 0 Å². The molecule has 0 spiro atoms. The predicted octanol–water partition coefficient (Wildman–Crippen LogP) is 3.72. The summed E-state index contributed by atoms with van der Waals surface area (Å²) < 4.78 is 27.9. The highest BCUT2D eigenvalue weighted by atomic mass is 32.2. The number of likely N-dealkylation sites (tertiary alicyclic amines) is 1. The Morgan fingerprint density at radius 1 is 1.09 bits per heavy atom. The van der Waals surface area contributed by atoms with Gasteiger partial charge in [0.2, 0.25) is 11.8 Å². The van der Waals surface area contributed by atoms with Crippen LogP contribution in [0, 0.1) is 0 Å². The molecule has 9 heteroatoms. The third-order valence-corrected chi connectivity index (χ3v) is 8.91. The lowest BCUT2D eigenvalue weighted by molar-refractivity contribution is -0.133. The van der Waals surface area contributed by atoms with Gasteiger partial charge in [-0.3, -0.25) is 13.9 Å². The van der Waals surface area contributed by atoms with E-state index in [1.54, 1.807) is 42.2 Å². The zero-order valence-corrected chi connectivity index (χ0v) is 19.6. The topological polar surface area (TPSA) is 86.8 Å². The number of hydrogen-bond donors (Lipinski definition) is 1. The minimum absolute atomic E-state index is 0.0974. The first kappa shape index (κ1) is 22.7. The molecule has 0 aliphatic carbocycles. The fraction of sp³-hybridized carbons (Fsp3) is 0.391. The summed E-state index contributed by atoms with van der Waals surface area (Å²) in [4.78, 5) is 28.3. The van der Waals surface area contributed by atoms with Crippen LogP contribution in [-0.4, -0.2) is 50.0 Å². The van der Waals surface area contributed by atoms with Crippen LogP contribution < -0.4 is 9.62 Å². The van der Waals surface area contributed by atoms with Gasteiger partial charge in [0.1, 0.15) is 0 Å². The largest absolute Gasteiger partial charge is 0.341 e. The lowest BCUT2D eigenvalue weighted by Crippen LogP contribution is -2.45. The number of carbonyl (C=O) groups is 2. The highest BCUT2D eigenvalue weighted by Crippen LogP contribution is 2.38. The number of nitrogens with zero attached hydrogens (tertiary/aromatic N) is 2. The van der Waals surface area contributed by atoms with E-state index in [1.165, 1.54) is 28.2 Å². The van der Waals surface area contributed by atoms with Crippen LogP contribution in [-0.2, 0) is 19.6 Å². The van der Waals surface area contributed by atoms with Crippen molar-refractivity contribution < 1.29 is 18.0 Å². The maximum Gasteiger partial charge on any atom is 0.264 e. The molecular formula is C23H27N3O4S2. The third-order valence-electron chi connectivity index (χ3n) is 5.75. The van der Waals surface area contributed by atoms with E-state index in [0.29, 0.717) is 29.4 Å². The fourth-order valence-electron chi connectivity index (χ4n) is 4.08. The Hall–Kier alpha value is -2.52. The summed E-state index contributed by atoms with van der Waals surface area (Å²) in [6.07, 6.45) is 4.12. The summed E-state index contributed by atoms with van der Waals surface area (Å²) in [5.41, 5.74) is 0.999. The van der Waals surface area contributed by atoms with Crippen LogP contribution in [0.5, 0.6) is 0 Å². The van der Waals surface area contributed by atoms with Crippen molar-refractivity contribution in [1.82, 2.24) is 4.90 Å². The van der Waals surface area contributed by atoms with Crippen LogP contribution in [0.1, 0.15) is 32.6 Å². The SMILES string of the molecule is CCN(c1ccccc1)S(=O)(=O)c1ccc2c(c1)NC(=O)[C@@H](C(=O)N1CCCCCC1)S2. The van der Waals surface area contributed by atoms with Gasteiger partial charge in [-0.1, -0.05) is 31.0 Å². The molecule has 1 N–H and O–H groups in total. The maximum absolute atomic E-state index is 13.3. The summed E-state index contributed by atoms with van der Waals surface area (Å²) in [5, 5.41) is 1.92. The molecule has 170 valence electrons. The second-order valence-corrected chi connectivity index (χ2v) is 10.9. The Bertz CT molecular complexity index is 1100. The number of rotatable bonds is 5. The standard InChI is InChI=1S/C23H27N3O4S2/c1-2-26(17-10-6-5-7-11-17)32(29,30)18-12-13-20-19(16-18)24-22(27)21(31-20)23(28)25-14-8-3-4-9-15-25/h5-7,10-13,16,21H,2-4,8-9,14-15H2,1H3,(H,24,27)/t21-/m0/s1. The minimum atomic E-state index is -3.81. The van der Waals surface area contributed by atoms with Crippen LogP contribution in [0.3, 0.4) is 0 Å². The molecule has 2 aliphatic rings. The second-order valence-electron chi connectivity index (χ2n) is 7.89. The van der Waals surface area contributed by atoms with Crippen molar-refractivity contribution in [2.75, 3.05) is 29.3 Å².